The Labute approximate surface area is 158 Å². The summed E-state index contributed by atoms with van der Waals surface area (Å²) in [6, 6.07) is 12.6. The molecule has 1 amide bonds. The molecule has 3 rings (SSSR count). The molecule has 1 aliphatic rings. The average molecular weight is 391 g/mol. The number of carbonyl (C=O) groups excluding carboxylic acids is 1. The molecule has 0 unspecified atom stereocenters. The highest BCUT2D eigenvalue weighted by atomic mass is 32.2. The number of hydrogen-bond acceptors (Lipinski definition) is 4. The third-order valence-corrected chi connectivity index (χ3v) is 6.52. The van der Waals surface area contributed by atoms with Gasteiger partial charge in [0, 0.05) is 51.5 Å². The first-order valence-corrected chi connectivity index (χ1v) is 10.1. The van der Waals surface area contributed by atoms with Crippen LogP contribution in [0.3, 0.4) is 0 Å². The summed E-state index contributed by atoms with van der Waals surface area (Å²) in [4.78, 5) is 15.9. The van der Waals surface area contributed by atoms with E-state index in [1.165, 1.54) is 22.5 Å². The van der Waals surface area contributed by atoms with Crippen molar-refractivity contribution in [1.82, 2.24) is 9.21 Å². The van der Waals surface area contributed by atoms with Crippen LogP contribution in [0, 0.1) is 5.82 Å². The quantitative estimate of drug-likeness (QED) is 0.800. The number of carbonyl (C=O) groups is 1. The number of rotatable bonds is 4. The van der Waals surface area contributed by atoms with E-state index in [0.29, 0.717) is 5.56 Å². The Balaban J connectivity index is 1.71. The maximum atomic E-state index is 13.9. The second-order valence-corrected chi connectivity index (χ2v) is 8.48. The molecular formula is C19H22FN3O3S. The van der Waals surface area contributed by atoms with E-state index in [-0.39, 0.29) is 37.0 Å². The lowest BCUT2D eigenvalue weighted by molar-refractivity contribution is 0.0698. The molecule has 0 aromatic heterocycles. The molecule has 2 aromatic carbocycles. The second kappa shape index (κ2) is 7.66. The average Bonchev–Trinajstić information content (AvgIpc) is 2.68. The summed E-state index contributed by atoms with van der Waals surface area (Å²) in [7, 11) is -0.113. The van der Waals surface area contributed by atoms with Gasteiger partial charge in [0.2, 0.25) is 10.0 Å². The van der Waals surface area contributed by atoms with E-state index in [9.17, 15) is 17.6 Å². The van der Waals surface area contributed by atoms with Gasteiger partial charge in [0.1, 0.15) is 10.7 Å². The van der Waals surface area contributed by atoms with Gasteiger partial charge in [-0.15, -0.1) is 0 Å². The number of amides is 1. The molecule has 0 atom stereocenters. The summed E-state index contributed by atoms with van der Waals surface area (Å²) in [6.45, 7) is 0.795. The minimum atomic E-state index is -3.91. The van der Waals surface area contributed by atoms with Gasteiger partial charge in [-0.2, -0.15) is 4.31 Å². The highest BCUT2D eigenvalue weighted by molar-refractivity contribution is 7.89. The van der Waals surface area contributed by atoms with Crippen molar-refractivity contribution in [3.8, 4) is 0 Å². The maximum Gasteiger partial charge on any atom is 0.254 e. The van der Waals surface area contributed by atoms with Crippen molar-refractivity contribution in [1.29, 1.82) is 0 Å². The highest BCUT2D eigenvalue weighted by Crippen LogP contribution is 2.21. The van der Waals surface area contributed by atoms with Gasteiger partial charge in [0.25, 0.3) is 5.91 Å². The van der Waals surface area contributed by atoms with Crippen molar-refractivity contribution in [2.45, 2.75) is 4.90 Å². The summed E-state index contributed by atoms with van der Waals surface area (Å²) in [6.07, 6.45) is 0. The van der Waals surface area contributed by atoms with Crippen molar-refractivity contribution in [2.24, 2.45) is 0 Å². The van der Waals surface area contributed by atoms with Gasteiger partial charge in [-0.3, -0.25) is 4.79 Å². The molecule has 1 heterocycles. The zero-order valence-electron chi connectivity index (χ0n) is 15.3. The normalized spacial score (nSPS) is 15.6. The Morgan fingerprint density at radius 3 is 2.30 bits per heavy atom. The summed E-state index contributed by atoms with van der Waals surface area (Å²) in [5.74, 6) is -0.904. The Morgan fingerprint density at radius 1 is 1.00 bits per heavy atom. The minimum absolute atomic E-state index is 0.135. The zero-order chi connectivity index (χ0) is 19.6. The van der Waals surface area contributed by atoms with Gasteiger partial charge >= 0.3 is 0 Å². The molecular weight excluding hydrogens is 369 g/mol. The number of hydrogen-bond donors (Lipinski definition) is 0. The first-order chi connectivity index (χ1) is 12.8. The van der Waals surface area contributed by atoms with E-state index in [1.54, 1.807) is 11.0 Å². The van der Waals surface area contributed by atoms with Crippen molar-refractivity contribution in [3.63, 3.8) is 0 Å². The molecule has 6 nitrogen and oxygen atoms in total. The Hall–Kier alpha value is -2.45. The van der Waals surface area contributed by atoms with Gasteiger partial charge in [0.05, 0.1) is 0 Å². The van der Waals surface area contributed by atoms with Crippen molar-refractivity contribution in [3.05, 3.63) is 59.9 Å². The number of anilines is 1. The van der Waals surface area contributed by atoms with Gasteiger partial charge in [-0.25, -0.2) is 12.8 Å². The molecule has 0 N–H and O–H groups in total. The van der Waals surface area contributed by atoms with Crippen molar-refractivity contribution < 1.29 is 17.6 Å². The van der Waals surface area contributed by atoms with Gasteiger partial charge < -0.3 is 9.80 Å². The standard InChI is InChI=1S/C19H22FN3O3S/c1-21(2)16-7-5-6-15(14-16)19(24)22-10-12-23(13-11-22)27(25,26)18-9-4-3-8-17(18)20/h3-9,14H,10-13H2,1-2H3. The maximum absolute atomic E-state index is 13.9. The van der Waals surface area contributed by atoms with Crippen LogP contribution in [0.2, 0.25) is 0 Å². The molecule has 1 aliphatic heterocycles. The lowest BCUT2D eigenvalue weighted by Gasteiger charge is -2.34. The van der Waals surface area contributed by atoms with Crippen LogP contribution in [0.25, 0.3) is 0 Å². The highest BCUT2D eigenvalue weighted by Gasteiger charge is 2.32. The fourth-order valence-corrected chi connectivity index (χ4v) is 4.51. The van der Waals surface area contributed by atoms with Crippen LogP contribution in [0.5, 0.6) is 0 Å². The molecule has 144 valence electrons. The number of sulfonamides is 1. The summed E-state index contributed by atoms with van der Waals surface area (Å²) < 4.78 is 40.4. The molecule has 0 saturated carbocycles. The van der Waals surface area contributed by atoms with Crippen LogP contribution in [0.4, 0.5) is 10.1 Å². The zero-order valence-corrected chi connectivity index (χ0v) is 16.1. The van der Waals surface area contributed by atoms with E-state index in [0.717, 1.165) is 11.8 Å². The van der Waals surface area contributed by atoms with E-state index in [1.807, 2.05) is 37.2 Å². The second-order valence-electron chi connectivity index (χ2n) is 6.57. The predicted octanol–water partition coefficient (Wildman–Crippen LogP) is 2.04. The Morgan fingerprint density at radius 2 is 1.67 bits per heavy atom. The van der Waals surface area contributed by atoms with E-state index < -0.39 is 15.8 Å². The number of benzene rings is 2. The monoisotopic (exact) mass is 391 g/mol. The van der Waals surface area contributed by atoms with Gasteiger partial charge in [-0.1, -0.05) is 18.2 Å². The van der Waals surface area contributed by atoms with Crippen LogP contribution in [-0.4, -0.2) is 63.8 Å². The topological polar surface area (TPSA) is 60.9 Å². The van der Waals surface area contributed by atoms with E-state index in [2.05, 4.69) is 0 Å². The van der Waals surface area contributed by atoms with Gasteiger partial charge in [0.15, 0.2) is 0 Å². The minimum Gasteiger partial charge on any atom is -0.378 e. The van der Waals surface area contributed by atoms with Crippen LogP contribution < -0.4 is 4.90 Å². The summed E-state index contributed by atoms with van der Waals surface area (Å²) in [5.41, 5.74) is 1.48. The largest absolute Gasteiger partial charge is 0.378 e. The summed E-state index contributed by atoms with van der Waals surface area (Å²) >= 11 is 0. The molecule has 0 bridgehead atoms. The van der Waals surface area contributed by atoms with Crippen LogP contribution >= 0.6 is 0 Å². The summed E-state index contributed by atoms with van der Waals surface area (Å²) in [5, 5.41) is 0. The fourth-order valence-electron chi connectivity index (χ4n) is 3.02. The lowest BCUT2D eigenvalue weighted by atomic mass is 10.1. The molecule has 8 heteroatoms. The SMILES string of the molecule is CN(C)c1cccc(C(=O)N2CCN(S(=O)(=O)c3ccccc3F)CC2)c1. The number of nitrogens with zero attached hydrogens (tertiary/aromatic N) is 3. The molecule has 2 aromatic rings. The van der Waals surface area contributed by atoms with Crippen molar-refractivity contribution in [2.75, 3.05) is 45.2 Å². The third-order valence-electron chi connectivity index (χ3n) is 4.59. The van der Waals surface area contributed by atoms with Gasteiger partial charge in [-0.05, 0) is 30.3 Å². The third kappa shape index (κ3) is 3.96. The molecule has 1 fully saturated rings. The lowest BCUT2D eigenvalue weighted by Crippen LogP contribution is -2.50. The number of halogens is 1. The molecule has 0 spiro atoms. The first kappa shape index (κ1) is 19.3. The van der Waals surface area contributed by atoms with Crippen molar-refractivity contribution >= 4 is 21.6 Å². The molecule has 0 radical (unpaired) electrons. The first-order valence-electron chi connectivity index (χ1n) is 8.62. The van der Waals surface area contributed by atoms with E-state index >= 15 is 0 Å². The predicted molar refractivity (Wildman–Crippen MR) is 102 cm³/mol. The number of piperazine rings is 1. The fraction of sp³-hybridized carbons (Fsp3) is 0.316. The van der Waals surface area contributed by atoms with E-state index in [4.69, 9.17) is 0 Å². The Kier molecular flexibility index (Phi) is 5.48. The Bertz CT molecular complexity index is 939. The molecule has 0 aliphatic carbocycles. The smallest absolute Gasteiger partial charge is 0.254 e. The van der Waals surface area contributed by atoms with Crippen LogP contribution in [0.1, 0.15) is 10.4 Å². The van der Waals surface area contributed by atoms with Crippen LogP contribution in [-0.2, 0) is 10.0 Å². The molecule has 1 saturated heterocycles. The van der Waals surface area contributed by atoms with Crippen LogP contribution in [0.15, 0.2) is 53.4 Å². The molecule has 27 heavy (non-hydrogen) atoms.